The van der Waals surface area contributed by atoms with Gasteiger partial charge in [-0.05, 0) is 39.5 Å². The molecule has 0 bridgehead atoms. The second kappa shape index (κ2) is 9.57. The number of piperidine rings is 1. The maximum absolute atomic E-state index is 12.3. The molecule has 3 amide bonds. The maximum atomic E-state index is 12.3. The van der Waals surface area contributed by atoms with Crippen LogP contribution in [0.5, 0.6) is 0 Å². The third kappa shape index (κ3) is 7.84. The third-order valence-corrected chi connectivity index (χ3v) is 4.23. The van der Waals surface area contributed by atoms with Crippen LogP contribution in [0.4, 0.5) is 4.79 Å². The summed E-state index contributed by atoms with van der Waals surface area (Å²) >= 11 is 0. The summed E-state index contributed by atoms with van der Waals surface area (Å²) in [7, 11) is 0. The van der Waals surface area contributed by atoms with Crippen LogP contribution in [0.1, 0.15) is 47.5 Å². The first-order chi connectivity index (χ1) is 12.4. The van der Waals surface area contributed by atoms with Gasteiger partial charge in [-0.25, -0.2) is 9.59 Å². The van der Waals surface area contributed by atoms with Crippen LogP contribution in [0.15, 0.2) is 0 Å². The van der Waals surface area contributed by atoms with E-state index in [1.807, 2.05) is 0 Å². The number of carbonyl (C=O) groups excluding carboxylic acids is 3. The Labute approximate surface area is 159 Å². The molecule has 1 heterocycles. The van der Waals surface area contributed by atoms with Gasteiger partial charge in [-0.15, -0.1) is 0 Å². The summed E-state index contributed by atoms with van der Waals surface area (Å²) in [5.74, 6) is -2.14. The largest absolute Gasteiger partial charge is 0.480 e. The summed E-state index contributed by atoms with van der Waals surface area (Å²) in [6.07, 6.45) is 0.251. The Morgan fingerprint density at radius 2 is 1.70 bits per heavy atom. The number of amides is 3. The van der Waals surface area contributed by atoms with Crippen LogP contribution < -0.4 is 10.6 Å². The molecule has 0 spiro atoms. The number of carboxylic acids is 1. The standard InChI is InChI=1S/C18H31N3O6/c1-11(2)14(16(24)25)20-15(23)12-6-8-21(9-7-12)13(22)10-19-17(26)27-18(3,4)5/h11-12,14H,6-10H2,1-5H3,(H,19,26)(H,20,23)(H,24,25). The highest BCUT2D eigenvalue weighted by molar-refractivity contribution is 5.86. The minimum atomic E-state index is -1.06. The van der Waals surface area contributed by atoms with Gasteiger partial charge >= 0.3 is 12.1 Å². The molecule has 0 aliphatic carbocycles. The second-order valence-corrected chi connectivity index (χ2v) is 8.08. The van der Waals surface area contributed by atoms with Crippen LogP contribution in [0, 0.1) is 11.8 Å². The lowest BCUT2D eigenvalue weighted by molar-refractivity contribution is -0.144. The van der Waals surface area contributed by atoms with E-state index in [0.29, 0.717) is 25.9 Å². The summed E-state index contributed by atoms with van der Waals surface area (Å²) in [5.41, 5.74) is -0.636. The smallest absolute Gasteiger partial charge is 0.408 e. The van der Waals surface area contributed by atoms with Crippen LogP contribution in [0.3, 0.4) is 0 Å². The minimum absolute atomic E-state index is 0.166. The zero-order valence-electron chi connectivity index (χ0n) is 16.7. The molecule has 0 radical (unpaired) electrons. The van der Waals surface area contributed by atoms with E-state index in [1.54, 1.807) is 39.5 Å². The first-order valence-electron chi connectivity index (χ1n) is 9.18. The number of alkyl carbamates (subject to hydrolysis) is 1. The van der Waals surface area contributed by atoms with Gasteiger partial charge in [0.25, 0.3) is 0 Å². The monoisotopic (exact) mass is 385 g/mol. The number of aliphatic carboxylic acids is 1. The highest BCUT2D eigenvalue weighted by Crippen LogP contribution is 2.18. The Kier molecular flexibility index (Phi) is 8.05. The van der Waals surface area contributed by atoms with Gasteiger partial charge in [-0.3, -0.25) is 9.59 Å². The number of hydrogen-bond donors (Lipinski definition) is 3. The number of carboxylic acid groups (broad SMARTS) is 1. The number of hydrogen-bond acceptors (Lipinski definition) is 5. The normalized spacial score (nSPS) is 16.6. The summed E-state index contributed by atoms with van der Waals surface area (Å²) in [6, 6.07) is -0.921. The van der Waals surface area contributed by atoms with Crippen molar-refractivity contribution in [1.82, 2.24) is 15.5 Å². The lowest BCUT2D eigenvalue weighted by Crippen LogP contribution is -2.50. The molecule has 0 aromatic rings. The number of nitrogens with zero attached hydrogens (tertiary/aromatic N) is 1. The molecule has 1 unspecified atom stereocenters. The molecule has 0 aromatic carbocycles. The average Bonchev–Trinajstić information content (AvgIpc) is 2.55. The fourth-order valence-electron chi connectivity index (χ4n) is 2.75. The first kappa shape index (κ1) is 22.7. The molecule has 27 heavy (non-hydrogen) atoms. The molecule has 1 aliphatic heterocycles. The number of carbonyl (C=O) groups is 4. The van der Waals surface area contributed by atoms with Crippen LogP contribution in [0.2, 0.25) is 0 Å². The molecular formula is C18H31N3O6. The zero-order valence-corrected chi connectivity index (χ0v) is 16.7. The molecule has 0 aromatic heterocycles. The molecule has 1 saturated heterocycles. The predicted molar refractivity (Wildman–Crippen MR) is 97.9 cm³/mol. The second-order valence-electron chi connectivity index (χ2n) is 8.08. The van der Waals surface area contributed by atoms with E-state index in [9.17, 15) is 19.2 Å². The number of likely N-dealkylation sites (tertiary alicyclic amines) is 1. The number of ether oxygens (including phenoxy) is 1. The molecule has 1 aliphatic rings. The van der Waals surface area contributed by atoms with Crippen molar-refractivity contribution in [3.8, 4) is 0 Å². The van der Waals surface area contributed by atoms with Crippen LogP contribution >= 0.6 is 0 Å². The summed E-state index contributed by atoms with van der Waals surface area (Å²) in [5, 5.41) is 14.2. The Morgan fingerprint density at radius 3 is 2.15 bits per heavy atom. The molecule has 1 atom stereocenters. The van der Waals surface area contributed by atoms with Crippen molar-refractivity contribution in [2.75, 3.05) is 19.6 Å². The van der Waals surface area contributed by atoms with Gasteiger partial charge < -0.3 is 25.4 Å². The highest BCUT2D eigenvalue weighted by atomic mass is 16.6. The maximum Gasteiger partial charge on any atom is 0.408 e. The van der Waals surface area contributed by atoms with Crippen molar-refractivity contribution in [2.45, 2.75) is 59.1 Å². The van der Waals surface area contributed by atoms with Crippen LogP contribution in [-0.4, -0.2) is 65.2 Å². The molecule has 1 fully saturated rings. The van der Waals surface area contributed by atoms with Crippen molar-refractivity contribution in [1.29, 1.82) is 0 Å². The summed E-state index contributed by atoms with van der Waals surface area (Å²) < 4.78 is 5.08. The first-order valence-corrected chi connectivity index (χ1v) is 9.18. The van der Waals surface area contributed by atoms with E-state index in [2.05, 4.69) is 10.6 Å². The molecule has 1 rings (SSSR count). The fourth-order valence-corrected chi connectivity index (χ4v) is 2.75. The van der Waals surface area contributed by atoms with Gasteiger partial charge in [-0.2, -0.15) is 0 Å². The topological polar surface area (TPSA) is 125 Å². The van der Waals surface area contributed by atoms with Crippen LogP contribution in [-0.2, 0) is 19.1 Å². The molecular weight excluding hydrogens is 354 g/mol. The lowest BCUT2D eigenvalue weighted by Gasteiger charge is -2.32. The summed E-state index contributed by atoms with van der Waals surface area (Å²) in [4.78, 5) is 48.8. The van der Waals surface area contributed by atoms with Gasteiger partial charge in [0.05, 0.1) is 0 Å². The van der Waals surface area contributed by atoms with E-state index in [0.717, 1.165) is 0 Å². The van der Waals surface area contributed by atoms with Crippen molar-refractivity contribution in [2.24, 2.45) is 11.8 Å². The van der Waals surface area contributed by atoms with E-state index in [-0.39, 0.29) is 30.2 Å². The van der Waals surface area contributed by atoms with Gasteiger partial charge in [-0.1, -0.05) is 13.8 Å². The molecule has 9 nitrogen and oxygen atoms in total. The van der Waals surface area contributed by atoms with E-state index >= 15 is 0 Å². The van der Waals surface area contributed by atoms with Crippen molar-refractivity contribution < 1.29 is 29.0 Å². The van der Waals surface area contributed by atoms with Gasteiger partial charge in [0.15, 0.2) is 0 Å². The van der Waals surface area contributed by atoms with Crippen molar-refractivity contribution >= 4 is 23.9 Å². The van der Waals surface area contributed by atoms with E-state index < -0.39 is 23.7 Å². The molecule has 3 N–H and O–H groups in total. The molecule has 154 valence electrons. The average molecular weight is 385 g/mol. The van der Waals surface area contributed by atoms with Crippen molar-refractivity contribution in [3.63, 3.8) is 0 Å². The van der Waals surface area contributed by atoms with Crippen molar-refractivity contribution in [3.05, 3.63) is 0 Å². The molecule has 0 saturated carbocycles. The Balaban J connectivity index is 2.42. The van der Waals surface area contributed by atoms with Crippen LogP contribution in [0.25, 0.3) is 0 Å². The van der Waals surface area contributed by atoms with Gasteiger partial charge in [0.1, 0.15) is 18.2 Å². The Bertz CT molecular complexity index is 562. The zero-order chi connectivity index (χ0) is 20.8. The fraction of sp³-hybridized carbons (Fsp3) is 0.778. The number of nitrogens with one attached hydrogen (secondary N) is 2. The minimum Gasteiger partial charge on any atom is -0.480 e. The highest BCUT2D eigenvalue weighted by Gasteiger charge is 2.31. The Hall–Kier alpha value is -2.32. The predicted octanol–water partition coefficient (Wildman–Crippen LogP) is 0.975. The van der Waals surface area contributed by atoms with E-state index in [1.165, 1.54) is 0 Å². The van der Waals surface area contributed by atoms with E-state index in [4.69, 9.17) is 9.84 Å². The molecule has 9 heteroatoms. The van der Waals surface area contributed by atoms with Gasteiger partial charge in [0, 0.05) is 19.0 Å². The quantitative estimate of drug-likeness (QED) is 0.626. The Morgan fingerprint density at radius 1 is 1.15 bits per heavy atom. The lowest BCUT2D eigenvalue weighted by atomic mass is 9.94. The van der Waals surface area contributed by atoms with Gasteiger partial charge in [0.2, 0.25) is 11.8 Å². The number of rotatable bonds is 6. The SMILES string of the molecule is CC(C)C(NC(=O)C1CCN(C(=O)CNC(=O)OC(C)(C)C)CC1)C(=O)O. The summed E-state index contributed by atoms with van der Waals surface area (Å²) in [6.45, 7) is 9.27. The third-order valence-electron chi connectivity index (χ3n) is 4.23.